The third-order valence-electron chi connectivity index (χ3n) is 4.15. The Morgan fingerprint density at radius 2 is 2.00 bits per heavy atom. The van der Waals surface area contributed by atoms with E-state index in [0.717, 1.165) is 18.4 Å². The Morgan fingerprint density at radius 3 is 2.88 bits per heavy atom. The van der Waals surface area contributed by atoms with Crippen molar-refractivity contribution in [2.75, 3.05) is 32.8 Å². The maximum Gasteiger partial charge on any atom is 0.0431 e. The topological polar surface area (TPSA) is 35.5 Å². The van der Waals surface area contributed by atoms with Crippen molar-refractivity contribution in [2.24, 2.45) is 5.92 Å². The van der Waals surface area contributed by atoms with E-state index >= 15 is 0 Å². The monoisotopic (exact) mass is 226 g/mol. The molecule has 2 unspecified atom stereocenters. The van der Waals surface area contributed by atoms with Gasteiger partial charge >= 0.3 is 0 Å². The lowest BCUT2D eigenvalue weighted by atomic mass is 9.92. The molecule has 2 rings (SSSR count). The van der Waals surface area contributed by atoms with Crippen molar-refractivity contribution in [3.8, 4) is 0 Å². The number of hydrogen-bond acceptors (Lipinski definition) is 3. The second-order valence-electron chi connectivity index (χ2n) is 5.30. The van der Waals surface area contributed by atoms with E-state index in [2.05, 4.69) is 10.2 Å². The first kappa shape index (κ1) is 12.3. The summed E-state index contributed by atoms with van der Waals surface area (Å²) in [5.74, 6) is 0.922. The van der Waals surface area contributed by atoms with Gasteiger partial charge in [0.15, 0.2) is 0 Å². The number of rotatable bonds is 6. The third kappa shape index (κ3) is 3.19. The van der Waals surface area contributed by atoms with Crippen molar-refractivity contribution in [1.29, 1.82) is 0 Å². The zero-order valence-electron chi connectivity index (χ0n) is 10.3. The lowest BCUT2D eigenvalue weighted by Crippen LogP contribution is -2.45. The molecular formula is C13H26N2O. The molecule has 0 aromatic carbocycles. The average Bonchev–Trinajstić information content (AvgIpc) is 2.77. The van der Waals surface area contributed by atoms with Gasteiger partial charge in [0.05, 0.1) is 0 Å². The van der Waals surface area contributed by atoms with Crippen molar-refractivity contribution in [3.63, 3.8) is 0 Å². The molecule has 2 fully saturated rings. The number of unbranched alkanes of at least 4 members (excludes halogenated alkanes) is 3. The highest BCUT2D eigenvalue weighted by atomic mass is 16.2. The summed E-state index contributed by atoms with van der Waals surface area (Å²) in [7, 11) is 0. The molecule has 2 heterocycles. The summed E-state index contributed by atoms with van der Waals surface area (Å²) in [5, 5.41) is 12.2. The number of nitrogens with zero attached hydrogens (tertiary/aromatic N) is 1. The average molecular weight is 226 g/mol. The Morgan fingerprint density at radius 1 is 1.12 bits per heavy atom. The number of fused-ring (bicyclic) bond motifs is 1. The lowest BCUT2D eigenvalue weighted by molar-refractivity contribution is 0.122. The molecule has 3 nitrogen and oxygen atoms in total. The van der Waals surface area contributed by atoms with Gasteiger partial charge in [0.2, 0.25) is 0 Å². The van der Waals surface area contributed by atoms with Crippen molar-refractivity contribution in [2.45, 2.75) is 44.6 Å². The van der Waals surface area contributed by atoms with Crippen LogP contribution in [0.3, 0.4) is 0 Å². The van der Waals surface area contributed by atoms with Crippen LogP contribution in [0.1, 0.15) is 38.5 Å². The van der Waals surface area contributed by atoms with Crippen LogP contribution in [0.2, 0.25) is 0 Å². The summed E-state index contributed by atoms with van der Waals surface area (Å²) in [6.45, 7) is 5.39. The van der Waals surface area contributed by atoms with Crippen molar-refractivity contribution < 1.29 is 5.11 Å². The van der Waals surface area contributed by atoms with Crippen molar-refractivity contribution in [3.05, 3.63) is 0 Å². The summed E-state index contributed by atoms with van der Waals surface area (Å²) in [6, 6.07) is 0.826. The molecule has 2 saturated heterocycles. The van der Waals surface area contributed by atoms with Gasteiger partial charge in [-0.1, -0.05) is 12.8 Å². The molecule has 0 spiro atoms. The summed E-state index contributed by atoms with van der Waals surface area (Å²) in [5.41, 5.74) is 0. The highest BCUT2D eigenvalue weighted by Crippen LogP contribution is 2.26. The van der Waals surface area contributed by atoms with Gasteiger partial charge in [-0.05, 0) is 51.2 Å². The van der Waals surface area contributed by atoms with Gasteiger partial charge in [0, 0.05) is 19.2 Å². The number of aliphatic hydroxyl groups is 1. The van der Waals surface area contributed by atoms with Crippen LogP contribution in [-0.2, 0) is 0 Å². The first-order valence-electron chi connectivity index (χ1n) is 6.97. The second-order valence-corrected chi connectivity index (χ2v) is 5.30. The molecule has 0 bridgehead atoms. The molecule has 0 aromatic heterocycles. The van der Waals surface area contributed by atoms with Gasteiger partial charge in [-0.2, -0.15) is 0 Å². The van der Waals surface area contributed by atoms with Crippen LogP contribution < -0.4 is 5.32 Å². The minimum atomic E-state index is 0.359. The quantitative estimate of drug-likeness (QED) is 0.669. The third-order valence-corrected chi connectivity index (χ3v) is 4.15. The van der Waals surface area contributed by atoms with Crippen LogP contribution in [0.4, 0.5) is 0 Å². The fourth-order valence-corrected chi connectivity index (χ4v) is 3.22. The number of hydrogen-bond donors (Lipinski definition) is 2. The molecule has 94 valence electrons. The molecule has 0 aromatic rings. The molecule has 3 heteroatoms. The fourth-order valence-electron chi connectivity index (χ4n) is 3.22. The molecule has 16 heavy (non-hydrogen) atoms. The molecule has 2 aliphatic heterocycles. The normalized spacial score (nSPS) is 30.6. The minimum Gasteiger partial charge on any atom is -0.396 e. The summed E-state index contributed by atoms with van der Waals surface area (Å²) in [4.78, 5) is 2.70. The maximum absolute atomic E-state index is 8.72. The number of likely N-dealkylation sites (tertiary alicyclic amines) is 1. The highest BCUT2D eigenvalue weighted by molar-refractivity contribution is 4.91. The van der Waals surface area contributed by atoms with Crippen molar-refractivity contribution >= 4 is 0 Å². The largest absolute Gasteiger partial charge is 0.396 e. The molecule has 0 saturated carbocycles. The molecule has 2 aliphatic rings. The molecule has 2 N–H and O–H groups in total. The Hall–Kier alpha value is -0.120. The van der Waals surface area contributed by atoms with Gasteiger partial charge in [0.1, 0.15) is 0 Å². The Labute approximate surface area is 99.2 Å². The van der Waals surface area contributed by atoms with E-state index in [1.54, 1.807) is 0 Å². The van der Waals surface area contributed by atoms with E-state index < -0.39 is 0 Å². The molecule has 0 radical (unpaired) electrons. The van der Waals surface area contributed by atoms with Crippen LogP contribution in [0.25, 0.3) is 0 Å². The fraction of sp³-hybridized carbons (Fsp3) is 1.00. The Kier molecular flexibility index (Phi) is 5.07. The van der Waals surface area contributed by atoms with E-state index in [1.165, 1.54) is 58.3 Å². The van der Waals surface area contributed by atoms with Crippen LogP contribution in [0.5, 0.6) is 0 Å². The molecule has 0 aliphatic carbocycles. The van der Waals surface area contributed by atoms with Crippen LogP contribution in [-0.4, -0.2) is 48.8 Å². The van der Waals surface area contributed by atoms with Gasteiger partial charge < -0.3 is 10.4 Å². The van der Waals surface area contributed by atoms with E-state index in [1.807, 2.05) is 0 Å². The number of piperidine rings is 1. The second kappa shape index (κ2) is 6.58. The lowest BCUT2D eigenvalue weighted by Gasteiger charge is -2.37. The van der Waals surface area contributed by atoms with Gasteiger partial charge in [-0.15, -0.1) is 0 Å². The van der Waals surface area contributed by atoms with Gasteiger partial charge in [-0.3, -0.25) is 4.90 Å². The minimum absolute atomic E-state index is 0.359. The summed E-state index contributed by atoms with van der Waals surface area (Å²) in [6.07, 6.45) is 7.58. The first-order valence-corrected chi connectivity index (χ1v) is 6.97. The SMILES string of the molecule is OCCCCCCN1CCCC2CNCC21. The predicted molar refractivity (Wildman–Crippen MR) is 66.5 cm³/mol. The number of nitrogens with one attached hydrogen (secondary N) is 1. The number of aliphatic hydroxyl groups excluding tert-OH is 1. The van der Waals surface area contributed by atoms with Crippen molar-refractivity contribution in [1.82, 2.24) is 10.2 Å². The van der Waals surface area contributed by atoms with Crippen LogP contribution in [0, 0.1) is 5.92 Å². The molecule has 0 amide bonds. The van der Waals surface area contributed by atoms with Crippen LogP contribution in [0.15, 0.2) is 0 Å². The molecular weight excluding hydrogens is 200 g/mol. The van der Waals surface area contributed by atoms with E-state index in [9.17, 15) is 0 Å². The van der Waals surface area contributed by atoms with E-state index in [0.29, 0.717) is 6.61 Å². The predicted octanol–water partition coefficient (Wildman–Crippen LogP) is 1.22. The van der Waals surface area contributed by atoms with E-state index in [4.69, 9.17) is 5.11 Å². The maximum atomic E-state index is 8.72. The smallest absolute Gasteiger partial charge is 0.0431 e. The molecule has 2 atom stereocenters. The first-order chi connectivity index (χ1) is 7.92. The van der Waals surface area contributed by atoms with E-state index in [-0.39, 0.29) is 0 Å². The van der Waals surface area contributed by atoms with Crippen LogP contribution >= 0.6 is 0 Å². The Bertz CT molecular complexity index is 198. The zero-order chi connectivity index (χ0) is 11.2. The zero-order valence-corrected chi connectivity index (χ0v) is 10.3. The summed E-state index contributed by atoms with van der Waals surface area (Å²) >= 11 is 0. The highest BCUT2D eigenvalue weighted by Gasteiger charge is 2.34. The van der Waals surface area contributed by atoms with Gasteiger partial charge in [-0.25, -0.2) is 0 Å². The standard InChI is InChI=1S/C13H26N2O/c16-9-4-2-1-3-7-15-8-5-6-12-10-14-11-13(12)15/h12-14,16H,1-11H2. The Balaban J connectivity index is 1.64. The summed E-state index contributed by atoms with van der Waals surface area (Å²) < 4.78 is 0. The van der Waals surface area contributed by atoms with Gasteiger partial charge in [0.25, 0.3) is 0 Å².